The quantitative estimate of drug-likeness (QED) is 0.716. The van der Waals surface area contributed by atoms with Crippen LogP contribution in [0.1, 0.15) is 21.6 Å². The molecule has 0 saturated carbocycles. The lowest BCUT2D eigenvalue weighted by Crippen LogP contribution is -2.05. The Morgan fingerprint density at radius 2 is 2.18 bits per heavy atom. The van der Waals surface area contributed by atoms with Gasteiger partial charge < -0.3 is 4.74 Å². The molecule has 0 atom stereocenters. The Labute approximate surface area is 103 Å². The van der Waals surface area contributed by atoms with Gasteiger partial charge in [0, 0.05) is 16.8 Å². The summed E-state index contributed by atoms with van der Waals surface area (Å²) in [6.07, 6.45) is 1.61. The van der Waals surface area contributed by atoms with Gasteiger partial charge in [0.05, 0.1) is 5.56 Å². The SMILES string of the molecule is O=C1c2ccc(Cl)cc2OCc2cccnc21. The third-order valence-electron chi connectivity index (χ3n) is 2.68. The van der Waals surface area contributed by atoms with Gasteiger partial charge in [-0.3, -0.25) is 9.78 Å². The molecule has 2 aromatic rings. The number of ketones is 1. The zero-order valence-electron chi connectivity index (χ0n) is 8.81. The van der Waals surface area contributed by atoms with Gasteiger partial charge in [-0.05, 0) is 24.3 Å². The van der Waals surface area contributed by atoms with Crippen LogP contribution in [0.2, 0.25) is 5.02 Å². The van der Waals surface area contributed by atoms with E-state index in [1.165, 1.54) is 0 Å². The number of carbonyl (C=O) groups is 1. The van der Waals surface area contributed by atoms with Crippen molar-refractivity contribution in [3.63, 3.8) is 0 Å². The first-order chi connectivity index (χ1) is 8.25. The van der Waals surface area contributed by atoms with Crippen molar-refractivity contribution in [3.05, 3.63) is 58.4 Å². The lowest BCUT2D eigenvalue weighted by Gasteiger charge is -2.05. The van der Waals surface area contributed by atoms with Crippen molar-refractivity contribution in [3.8, 4) is 5.75 Å². The monoisotopic (exact) mass is 245 g/mol. The van der Waals surface area contributed by atoms with E-state index < -0.39 is 0 Å². The van der Waals surface area contributed by atoms with Gasteiger partial charge in [0.25, 0.3) is 0 Å². The van der Waals surface area contributed by atoms with Crippen molar-refractivity contribution in [2.24, 2.45) is 0 Å². The topological polar surface area (TPSA) is 39.2 Å². The molecule has 0 radical (unpaired) electrons. The molecule has 0 unspecified atom stereocenters. The fraction of sp³-hybridized carbons (Fsp3) is 0.0769. The molecular weight excluding hydrogens is 238 g/mol. The van der Waals surface area contributed by atoms with E-state index in [0.29, 0.717) is 28.6 Å². The Morgan fingerprint density at radius 3 is 3.06 bits per heavy atom. The van der Waals surface area contributed by atoms with Crippen LogP contribution in [0.5, 0.6) is 5.75 Å². The largest absolute Gasteiger partial charge is 0.488 e. The standard InChI is InChI=1S/C13H8ClNO2/c14-9-3-4-10-11(6-9)17-7-8-2-1-5-15-12(8)13(10)16/h1-6H,7H2. The number of halogens is 1. The first-order valence-corrected chi connectivity index (χ1v) is 5.54. The van der Waals surface area contributed by atoms with Gasteiger partial charge in [0.15, 0.2) is 0 Å². The number of nitrogens with zero attached hydrogens (tertiary/aromatic N) is 1. The number of carbonyl (C=O) groups excluding carboxylic acids is 1. The molecule has 0 saturated heterocycles. The smallest absolute Gasteiger partial charge is 0.215 e. The van der Waals surface area contributed by atoms with Crippen molar-refractivity contribution in [1.82, 2.24) is 4.98 Å². The summed E-state index contributed by atoms with van der Waals surface area (Å²) in [5, 5.41) is 0.551. The molecule has 0 fully saturated rings. The molecule has 0 amide bonds. The highest BCUT2D eigenvalue weighted by Gasteiger charge is 2.23. The van der Waals surface area contributed by atoms with Crippen LogP contribution in [0.15, 0.2) is 36.5 Å². The number of hydrogen-bond acceptors (Lipinski definition) is 3. The molecule has 17 heavy (non-hydrogen) atoms. The highest BCUT2D eigenvalue weighted by Crippen LogP contribution is 2.29. The summed E-state index contributed by atoms with van der Waals surface area (Å²) in [5.74, 6) is 0.394. The second-order valence-corrected chi connectivity index (χ2v) is 4.21. The van der Waals surface area contributed by atoms with E-state index in [-0.39, 0.29) is 5.78 Å². The van der Waals surface area contributed by atoms with Crippen LogP contribution in [0.4, 0.5) is 0 Å². The molecule has 1 aliphatic rings. The Balaban J connectivity index is 2.20. The van der Waals surface area contributed by atoms with E-state index in [0.717, 1.165) is 5.56 Å². The summed E-state index contributed by atoms with van der Waals surface area (Å²) in [5.41, 5.74) is 1.75. The van der Waals surface area contributed by atoms with Gasteiger partial charge in [0.1, 0.15) is 18.1 Å². The zero-order chi connectivity index (χ0) is 11.8. The third-order valence-corrected chi connectivity index (χ3v) is 2.91. The summed E-state index contributed by atoms with van der Waals surface area (Å²) >= 11 is 5.88. The second kappa shape index (κ2) is 3.86. The molecule has 3 nitrogen and oxygen atoms in total. The van der Waals surface area contributed by atoms with E-state index in [4.69, 9.17) is 16.3 Å². The Kier molecular flexibility index (Phi) is 2.34. The minimum atomic E-state index is -0.121. The van der Waals surface area contributed by atoms with Gasteiger partial charge in [-0.25, -0.2) is 0 Å². The van der Waals surface area contributed by atoms with Crippen LogP contribution in [-0.2, 0) is 6.61 Å². The Hall–Kier alpha value is -1.87. The van der Waals surface area contributed by atoms with E-state index in [1.54, 1.807) is 30.5 Å². The van der Waals surface area contributed by atoms with Crippen LogP contribution in [0, 0.1) is 0 Å². The lowest BCUT2D eigenvalue weighted by molar-refractivity contribution is 0.103. The zero-order valence-corrected chi connectivity index (χ0v) is 9.57. The molecule has 1 aromatic carbocycles. The number of aromatic nitrogens is 1. The summed E-state index contributed by atoms with van der Waals surface area (Å²) in [4.78, 5) is 16.4. The van der Waals surface area contributed by atoms with E-state index in [1.807, 2.05) is 6.07 Å². The van der Waals surface area contributed by atoms with E-state index >= 15 is 0 Å². The maximum atomic E-state index is 12.3. The predicted octanol–water partition coefficient (Wildman–Crippen LogP) is 2.86. The molecular formula is C13H8ClNO2. The predicted molar refractivity (Wildman–Crippen MR) is 63.5 cm³/mol. The number of pyridine rings is 1. The number of hydrogen-bond donors (Lipinski definition) is 0. The van der Waals surface area contributed by atoms with Gasteiger partial charge >= 0.3 is 0 Å². The highest BCUT2D eigenvalue weighted by molar-refractivity contribution is 6.31. The van der Waals surface area contributed by atoms with Gasteiger partial charge in [-0.2, -0.15) is 0 Å². The van der Waals surface area contributed by atoms with Crippen LogP contribution in [0.25, 0.3) is 0 Å². The van der Waals surface area contributed by atoms with Crippen molar-refractivity contribution >= 4 is 17.4 Å². The van der Waals surface area contributed by atoms with Crippen LogP contribution >= 0.6 is 11.6 Å². The number of fused-ring (bicyclic) bond motifs is 2. The van der Waals surface area contributed by atoms with Crippen molar-refractivity contribution in [1.29, 1.82) is 0 Å². The highest BCUT2D eigenvalue weighted by atomic mass is 35.5. The van der Waals surface area contributed by atoms with Crippen molar-refractivity contribution < 1.29 is 9.53 Å². The molecule has 4 heteroatoms. The summed E-state index contributed by atoms with van der Waals surface area (Å²) < 4.78 is 5.58. The molecule has 3 rings (SSSR count). The Bertz CT molecular complexity index is 610. The fourth-order valence-electron chi connectivity index (χ4n) is 1.85. The van der Waals surface area contributed by atoms with E-state index in [9.17, 15) is 4.79 Å². The maximum Gasteiger partial charge on any atom is 0.215 e. The summed E-state index contributed by atoms with van der Waals surface area (Å²) in [7, 11) is 0. The van der Waals surface area contributed by atoms with Crippen LogP contribution in [-0.4, -0.2) is 10.8 Å². The minimum Gasteiger partial charge on any atom is -0.488 e. The Morgan fingerprint density at radius 1 is 1.29 bits per heavy atom. The molecule has 2 heterocycles. The molecule has 1 aromatic heterocycles. The molecule has 0 spiro atoms. The van der Waals surface area contributed by atoms with E-state index in [2.05, 4.69) is 4.98 Å². The normalized spacial score (nSPS) is 13.4. The molecule has 84 valence electrons. The number of benzene rings is 1. The molecule has 0 bridgehead atoms. The molecule has 0 aliphatic carbocycles. The minimum absolute atomic E-state index is 0.121. The first kappa shape index (κ1) is 10.3. The maximum absolute atomic E-state index is 12.3. The lowest BCUT2D eigenvalue weighted by atomic mass is 10.0. The van der Waals surface area contributed by atoms with Crippen molar-refractivity contribution in [2.45, 2.75) is 6.61 Å². The second-order valence-electron chi connectivity index (χ2n) is 3.77. The first-order valence-electron chi connectivity index (χ1n) is 5.16. The van der Waals surface area contributed by atoms with Crippen molar-refractivity contribution in [2.75, 3.05) is 0 Å². The number of rotatable bonds is 0. The average molecular weight is 246 g/mol. The molecule has 0 N–H and O–H groups in total. The molecule has 1 aliphatic heterocycles. The average Bonchev–Trinajstić information content (AvgIpc) is 2.48. The van der Waals surface area contributed by atoms with Gasteiger partial charge in [-0.1, -0.05) is 17.7 Å². The van der Waals surface area contributed by atoms with Gasteiger partial charge in [-0.15, -0.1) is 0 Å². The number of ether oxygens (including phenoxy) is 1. The summed E-state index contributed by atoms with van der Waals surface area (Å²) in [6, 6.07) is 8.63. The van der Waals surface area contributed by atoms with Gasteiger partial charge in [0.2, 0.25) is 5.78 Å². The van der Waals surface area contributed by atoms with Crippen LogP contribution < -0.4 is 4.74 Å². The summed E-state index contributed by atoms with van der Waals surface area (Å²) in [6.45, 7) is 0.336. The third kappa shape index (κ3) is 1.68. The van der Waals surface area contributed by atoms with Crippen LogP contribution in [0.3, 0.4) is 0 Å². The fourth-order valence-corrected chi connectivity index (χ4v) is 2.01.